The van der Waals surface area contributed by atoms with E-state index in [1.807, 2.05) is 193 Å². The van der Waals surface area contributed by atoms with Crippen LogP contribution in [0.3, 0.4) is 0 Å². The highest BCUT2D eigenvalue weighted by Crippen LogP contribution is 2.41. The number of carbonyl (C=O) groups is 3. The minimum Gasteiger partial charge on any atom is -0.445 e. The lowest BCUT2D eigenvalue weighted by atomic mass is 10.0. The fraction of sp³-hybridized carbons (Fsp3) is 0.245. The van der Waals surface area contributed by atoms with Crippen LogP contribution < -0.4 is 4.74 Å². The van der Waals surface area contributed by atoms with Crippen molar-refractivity contribution in [1.29, 1.82) is 0 Å². The van der Waals surface area contributed by atoms with Crippen LogP contribution in [0.15, 0.2) is 280 Å². The summed E-state index contributed by atoms with van der Waals surface area (Å²) in [5.74, 6) is -3.91. The first-order valence-electron chi connectivity index (χ1n) is 48.9. The Morgan fingerprint density at radius 2 is 0.899 bits per heavy atom. The number of rotatable bonds is 21. The number of pyridine rings is 4. The topological polar surface area (TPSA) is 372 Å². The Kier molecular flexibility index (Phi) is 27.8. The van der Waals surface area contributed by atoms with Crippen LogP contribution in [-0.4, -0.2) is 216 Å². The van der Waals surface area contributed by atoms with E-state index in [4.69, 9.17) is 9.47 Å². The third kappa shape index (κ3) is 22.2. The van der Waals surface area contributed by atoms with E-state index in [1.165, 1.54) is 22.9 Å². The molecule has 0 saturated carbocycles. The van der Waals surface area contributed by atoms with Gasteiger partial charge in [0.1, 0.15) is 69.5 Å². The third-order valence-corrected chi connectivity index (χ3v) is 27.2. The van der Waals surface area contributed by atoms with E-state index in [0.717, 1.165) is 207 Å². The zero-order valence-corrected chi connectivity index (χ0v) is 81.4. The first-order valence-corrected chi connectivity index (χ1v) is 48.9. The van der Waals surface area contributed by atoms with E-state index in [2.05, 4.69) is 125 Å². The van der Waals surface area contributed by atoms with Gasteiger partial charge in [0, 0.05) is 191 Å². The third-order valence-electron chi connectivity index (χ3n) is 27.2. The number of piperidine rings is 4. The molecular formula is C110H100F6N28O5. The number of halogens is 6. The monoisotopic (exact) mass is 2010 g/mol. The summed E-state index contributed by atoms with van der Waals surface area (Å²) in [5.41, 5.74) is 22.2. The molecule has 4 atom stereocenters. The number of hydrogen-bond donors (Lipinski definition) is 4. The zero-order valence-electron chi connectivity index (χ0n) is 81.4. The number of aromatic nitrogens is 24. The SMILES string of the molecule is Cc1cc(-c2n[nH]c3ccc(-c4cn([C@@H]5CCC(=O)N(Cc6c(C)cccc6F)C5)nn4)cc23)ccn1.Cc1cc(-c2n[nH]c3ccc(-c4cn([C@@H]5CCCN(Cc6ccccc6OC(C)(F)F)C5)nn4)cc23)ccn1.O=C(OCc1ccccc1)N1C[C@H](n2cc(-c3ccc4[nH]nc(-c5ccncc5)c4c3)nn2)CC(F)(F)C1.O=C(c1ccccc1F)N1CCC[C@@H](n2cc(-c3ccc4[nH]nc(-c5ccncc5)c4c3)nn2)C1. The van der Waals surface area contributed by atoms with Crippen molar-refractivity contribution in [3.8, 4) is 95.8 Å². The van der Waals surface area contributed by atoms with Gasteiger partial charge in [0.2, 0.25) is 5.91 Å². The molecule has 4 fully saturated rings. The van der Waals surface area contributed by atoms with E-state index < -0.39 is 42.9 Å². The number of hydrogen-bond acceptors (Lipinski definition) is 22. The van der Waals surface area contributed by atoms with Crippen LogP contribution in [0.4, 0.5) is 31.1 Å². The molecule has 39 heteroatoms. The van der Waals surface area contributed by atoms with Gasteiger partial charge < -0.3 is 24.2 Å². The van der Waals surface area contributed by atoms with Crippen molar-refractivity contribution in [3.63, 3.8) is 0 Å². The normalized spacial score (nSPS) is 16.4. The van der Waals surface area contributed by atoms with Gasteiger partial charge in [-0.2, -0.15) is 29.2 Å². The molecule has 0 aliphatic carbocycles. The Morgan fingerprint density at radius 1 is 0.450 bits per heavy atom. The molecule has 752 valence electrons. The standard InChI is InChI=1S/C29H29F2N7O.C28H26FN7O.C27H23F2N7O2.C26H22FN7O/c1-19-14-21(11-12-32-19)28-24-15-20(9-10-25(24)33-35-28)26-18-38(36-34-26)23-7-5-13-37(17-23)16-22-6-3-4-8-27(22)39-29(2,30)31;1-17-4-3-5-24(29)23(17)15-35-14-21(7-9-27(35)37)36-16-26(32-34-36)19-6-8-25-22(13-19)28(33-31-25)20-10-11-30-18(2)12-20;28-27(29)13-21(14-35(17-27)26(37)38-16-18-4-2-1-3-5-18)36-15-24(32-34-36)20-6-7-23-22(12-20)25(33-31-23)19-8-10-30-11-9-19;27-22-6-2-1-5-20(22)26(35)33-13-3-4-19(15-33)34-16-24(30-32-34)18-7-8-23-21(14-18)25(31-29-23)17-9-11-28-12-10-17/h3-4,6,8-12,14-15,18,23H,5,7,13,16-17H2,1-2H3,(H,33,35);3-6,8,10-13,16,21H,7,9,14-15H2,1-2H3,(H,31,33);1-12,15,21H,13-14,16-17H2,(H,31,33);1-2,5-12,14,16,19H,3-4,13,15H2,(H,29,31)/t23-;2*21-;19-/m1111/s1. The van der Waals surface area contributed by atoms with Crippen LogP contribution in [0.2, 0.25) is 0 Å². The van der Waals surface area contributed by atoms with Crippen LogP contribution in [-0.2, 0) is 29.2 Å². The Hall–Kier alpha value is -17.7. The molecule has 16 heterocycles. The summed E-state index contributed by atoms with van der Waals surface area (Å²) >= 11 is 0. The maximum absolute atomic E-state index is 14.7. The molecular weight excluding hydrogens is 1910 g/mol. The molecule has 12 aromatic heterocycles. The van der Waals surface area contributed by atoms with Gasteiger partial charge in [-0.05, 0) is 192 Å². The fourth-order valence-corrected chi connectivity index (χ4v) is 19.6. The summed E-state index contributed by atoms with van der Waals surface area (Å²) in [4.78, 5) is 61.6. The summed E-state index contributed by atoms with van der Waals surface area (Å²) in [6, 6.07) is 65.9. The quantitative estimate of drug-likeness (QED) is 0.0485. The highest BCUT2D eigenvalue weighted by Gasteiger charge is 2.44. The minimum absolute atomic E-state index is 0.0118. The van der Waals surface area contributed by atoms with Crippen LogP contribution in [0.25, 0.3) is 134 Å². The summed E-state index contributed by atoms with van der Waals surface area (Å²) in [5, 5.41) is 69.1. The number of aryl methyl sites for hydroxylation is 3. The van der Waals surface area contributed by atoms with E-state index in [0.29, 0.717) is 50.3 Å². The Morgan fingerprint density at radius 3 is 1.40 bits per heavy atom. The van der Waals surface area contributed by atoms with Gasteiger partial charge in [-0.3, -0.25) is 54.8 Å². The van der Waals surface area contributed by atoms with Gasteiger partial charge in [-0.25, -0.2) is 41.1 Å². The summed E-state index contributed by atoms with van der Waals surface area (Å²) in [7, 11) is 0. The van der Waals surface area contributed by atoms with Crippen LogP contribution >= 0.6 is 0 Å². The maximum atomic E-state index is 14.7. The maximum Gasteiger partial charge on any atom is 0.410 e. The summed E-state index contributed by atoms with van der Waals surface area (Å²) in [6.07, 6.45) is 18.1. The van der Waals surface area contributed by atoms with Crippen molar-refractivity contribution in [2.45, 2.75) is 129 Å². The number of alkyl halides is 4. The van der Waals surface area contributed by atoms with Crippen molar-refractivity contribution in [1.82, 2.24) is 140 Å². The Bertz CT molecular complexity index is 8180. The number of likely N-dealkylation sites (tertiary alicyclic amines) is 4. The number of H-pyrrole nitrogens is 4. The second kappa shape index (κ2) is 42.6. The summed E-state index contributed by atoms with van der Waals surface area (Å²) < 4.78 is 102. The fourth-order valence-electron chi connectivity index (χ4n) is 19.6. The zero-order chi connectivity index (χ0) is 102. The lowest BCUT2D eigenvalue weighted by Crippen LogP contribution is -2.50. The van der Waals surface area contributed by atoms with Crippen molar-refractivity contribution < 1.29 is 50.2 Å². The number of benzene rings is 8. The molecule has 0 spiro atoms. The number of amides is 3. The highest BCUT2D eigenvalue weighted by atomic mass is 19.3. The van der Waals surface area contributed by atoms with E-state index in [1.54, 1.807) is 95.6 Å². The van der Waals surface area contributed by atoms with Gasteiger partial charge in [0.15, 0.2) is 0 Å². The van der Waals surface area contributed by atoms with Crippen molar-refractivity contribution in [2.24, 2.45) is 0 Å². The molecule has 33 nitrogen and oxygen atoms in total. The molecule has 24 rings (SSSR count). The van der Waals surface area contributed by atoms with Gasteiger partial charge in [0.05, 0.1) is 83.1 Å². The van der Waals surface area contributed by atoms with Gasteiger partial charge >= 0.3 is 12.2 Å². The number of para-hydroxylation sites is 1. The number of aromatic amines is 4. The predicted octanol–water partition coefficient (Wildman–Crippen LogP) is 20.6. The molecule has 0 unspecified atom stereocenters. The van der Waals surface area contributed by atoms with E-state index in [-0.39, 0.29) is 66.8 Å². The molecule has 149 heavy (non-hydrogen) atoms. The van der Waals surface area contributed by atoms with Crippen LogP contribution in [0, 0.1) is 32.4 Å². The molecule has 8 aromatic carbocycles. The highest BCUT2D eigenvalue weighted by molar-refractivity contribution is 5.99. The predicted molar refractivity (Wildman–Crippen MR) is 546 cm³/mol. The second-order valence-corrected chi connectivity index (χ2v) is 37.7. The van der Waals surface area contributed by atoms with Crippen molar-refractivity contribution in [3.05, 3.63) is 331 Å². The molecule has 4 aliphatic heterocycles. The first kappa shape index (κ1) is 97.4. The number of carbonyl (C=O) groups excluding carboxylic acids is 3. The van der Waals surface area contributed by atoms with Crippen molar-refractivity contribution in [2.75, 3.05) is 45.8 Å². The van der Waals surface area contributed by atoms with Gasteiger partial charge in [-0.15, -0.1) is 20.4 Å². The smallest absolute Gasteiger partial charge is 0.410 e. The van der Waals surface area contributed by atoms with Crippen LogP contribution in [0.1, 0.15) is 120 Å². The van der Waals surface area contributed by atoms with Crippen LogP contribution in [0.5, 0.6) is 5.75 Å². The number of ether oxygens (including phenoxy) is 2. The molecule has 4 aliphatic rings. The Balaban J connectivity index is 0.000000116. The molecule has 3 amide bonds. The number of fused-ring (bicyclic) bond motifs is 4. The summed E-state index contributed by atoms with van der Waals surface area (Å²) in [6.45, 7) is 9.82. The second-order valence-electron chi connectivity index (χ2n) is 37.7. The average molecular weight is 2010 g/mol. The van der Waals surface area contributed by atoms with E-state index >= 15 is 0 Å². The average Bonchev–Trinajstić information content (AvgIpc) is 1.64. The van der Waals surface area contributed by atoms with E-state index in [9.17, 15) is 40.7 Å². The molecule has 0 radical (unpaired) electrons. The van der Waals surface area contributed by atoms with Gasteiger partial charge in [0.25, 0.3) is 11.8 Å². The van der Waals surface area contributed by atoms with Crippen molar-refractivity contribution >= 4 is 61.5 Å². The number of nitrogens with zero attached hydrogens (tertiary/aromatic N) is 24. The minimum atomic E-state index is -3.23. The molecule has 20 aromatic rings. The molecule has 4 saturated heterocycles. The number of nitrogens with one attached hydrogen (secondary N) is 4. The van der Waals surface area contributed by atoms with Gasteiger partial charge in [-0.1, -0.05) is 118 Å². The lowest BCUT2D eigenvalue weighted by molar-refractivity contribution is -0.159. The molecule has 0 bridgehead atoms. The largest absolute Gasteiger partial charge is 0.445 e. The Labute approximate surface area is 848 Å². The molecule has 4 N–H and O–H groups in total. The first-order chi connectivity index (χ1) is 72.4. The lowest BCUT2D eigenvalue weighted by Gasteiger charge is -2.36.